The van der Waals surface area contributed by atoms with E-state index in [9.17, 15) is 9.59 Å². The van der Waals surface area contributed by atoms with Crippen molar-refractivity contribution < 1.29 is 19.1 Å². The number of amides is 1. The average molecular weight is 461 g/mol. The Labute approximate surface area is 200 Å². The lowest BCUT2D eigenvalue weighted by atomic mass is 10.0. The molecule has 0 spiro atoms. The van der Waals surface area contributed by atoms with Gasteiger partial charge in [-0.25, -0.2) is 9.59 Å². The second kappa shape index (κ2) is 9.75. The fourth-order valence-corrected chi connectivity index (χ4v) is 4.55. The summed E-state index contributed by atoms with van der Waals surface area (Å²) in [7, 11) is 1.36. The van der Waals surface area contributed by atoms with Gasteiger partial charge in [-0.05, 0) is 74.4 Å². The number of H-pyrrole nitrogens is 1. The van der Waals surface area contributed by atoms with Gasteiger partial charge in [0.2, 0.25) is 0 Å². The zero-order chi connectivity index (χ0) is 24.3. The molecule has 1 heterocycles. The number of methoxy groups -OCH3 is 1. The quantitative estimate of drug-likeness (QED) is 0.372. The highest BCUT2D eigenvalue weighted by molar-refractivity contribution is 5.87. The number of hydrogen-bond donors (Lipinski definition) is 1. The van der Waals surface area contributed by atoms with E-state index in [-0.39, 0.29) is 18.1 Å². The number of aromatic amines is 1. The number of fused-ring (bicyclic) bond motifs is 2. The molecule has 6 nitrogen and oxygen atoms in total. The number of nitrogens with one attached hydrogen (secondary N) is 1. The van der Waals surface area contributed by atoms with Crippen molar-refractivity contribution in [1.29, 1.82) is 0 Å². The lowest BCUT2D eigenvalue weighted by Crippen LogP contribution is -2.40. The van der Waals surface area contributed by atoms with Crippen molar-refractivity contribution >= 4 is 29.0 Å². The highest BCUT2D eigenvalue weighted by Crippen LogP contribution is 2.37. The van der Waals surface area contributed by atoms with Gasteiger partial charge in [-0.1, -0.05) is 36.4 Å². The Morgan fingerprint density at radius 2 is 1.97 bits per heavy atom. The molecule has 3 aromatic rings. The number of rotatable bonds is 6. The van der Waals surface area contributed by atoms with E-state index in [2.05, 4.69) is 34.0 Å². The summed E-state index contributed by atoms with van der Waals surface area (Å²) in [5.41, 5.74) is 4.98. The Hall–Kier alpha value is -3.54. The van der Waals surface area contributed by atoms with Crippen LogP contribution in [0.1, 0.15) is 55.5 Å². The fraction of sp³-hybridized carbons (Fsp3) is 0.357. The summed E-state index contributed by atoms with van der Waals surface area (Å²) in [5.74, 6) is -0.383. The predicted molar refractivity (Wildman–Crippen MR) is 133 cm³/mol. The number of ether oxygens (including phenoxy) is 2. The molecule has 6 heteroatoms. The summed E-state index contributed by atoms with van der Waals surface area (Å²) in [5, 5.41) is 1.18. The number of nitrogens with zero attached hydrogens (tertiary/aromatic N) is 1. The van der Waals surface area contributed by atoms with E-state index in [1.54, 1.807) is 6.08 Å². The SMILES string of the molecule is COC(=O)C=Cc1ccc2c(c1)CCC2N(CCc1c[nH]c2ccccc12)C(=O)OC(C)(C)C. The number of hydrogen-bond acceptors (Lipinski definition) is 4. The van der Waals surface area contributed by atoms with Crippen molar-refractivity contribution in [3.05, 3.63) is 77.0 Å². The Kier molecular flexibility index (Phi) is 6.77. The van der Waals surface area contributed by atoms with Gasteiger partial charge in [-0.15, -0.1) is 0 Å². The lowest BCUT2D eigenvalue weighted by molar-refractivity contribution is -0.134. The third kappa shape index (κ3) is 5.33. The largest absolute Gasteiger partial charge is 0.466 e. The van der Waals surface area contributed by atoms with Gasteiger partial charge in [0.25, 0.3) is 0 Å². The molecule has 0 saturated carbocycles. The standard InChI is InChI=1S/C28H32N2O4/c1-28(2,3)34-27(32)30(16-15-21-18-29-24-8-6-5-7-22(21)24)25-13-11-20-17-19(9-12-23(20)25)10-14-26(31)33-4/h5-10,12,14,17-18,25,29H,11,13,15-16H2,1-4H3. The van der Waals surface area contributed by atoms with Crippen LogP contribution < -0.4 is 0 Å². The number of esters is 1. The molecular weight excluding hydrogens is 428 g/mol. The molecular formula is C28H32N2O4. The first-order valence-electron chi connectivity index (χ1n) is 11.7. The predicted octanol–water partition coefficient (Wildman–Crippen LogP) is 5.82. The van der Waals surface area contributed by atoms with Crippen molar-refractivity contribution in [3.8, 4) is 0 Å². The van der Waals surface area contributed by atoms with E-state index in [1.165, 1.54) is 29.7 Å². The van der Waals surface area contributed by atoms with Crippen LogP contribution in [0.25, 0.3) is 17.0 Å². The second-order valence-corrected chi connectivity index (χ2v) is 9.65. The maximum Gasteiger partial charge on any atom is 0.410 e. The highest BCUT2D eigenvalue weighted by atomic mass is 16.6. The number of para-hydroxylation sites is 1. The van der Waals surface area contributed by atoms with E-state index in [0.29, 0.717) is 6.54 Å². The Bertz CT molecular complexity index is 1220. The summed E-state index contributed by atoms with van der Waals surface area (Å²) >= 11 is 0. The van der Waals surface area contributed by atoms with E-state index < -0.39 is 5.60 Å². The summed E-state index contributed by atoms with van der Waals surface area (Å²) < 4.78 is 10.5. The van der Waals surface area contributed by atoms with Crippen LogP contribution in [0.3, 0.4) is 0 Å². The molecule has 4 rings (SSSR count). The van der Waals surface area contributed by atoms with Crippen LogP contribution in [-0.4, -0.2) is 41.2 Å². The number of aromatic nitrogens is 1. The molecule has 0 saturated heterocycles. The zero-order valence-electron chi connectivity index (χ0n) is 20.3. The molecule has 0 bridgehead atoms. The summed E-state index contributed by atoms with van der Waals surface area (Å²) in [6.07, 6.45) is 7.35. The molecule has 1 aliphatic rings. The van der Waals surface area contributed by atoms with Gasteiger partial charge in [0.1, 0.15) is 5.60 Å². The van der Waals surface area contributed by atoms with Gasteiger partial charge < -0.3 is 19.4 Å². The molecule has 0 radical (unpaired) electrons. The number of carbonyl (C=O) groups excluding carboxylic acids is 2. The molecule has 2 aromatic carbocycles. The summed E-state index contributed by atoms with van der Waals surface area (Å²) in [6, 6.07) is 14.3. The van der Waals surface area contributed by atoms with Gasteiger partial charge in [0, 0.05) is 29.7 Å². The van der Waals surface area contributed by atoms with Crippen molar-refractivity contribution in [2.24, 2.45) is 0 Å². The molecule has 34 heavy (non-hydrogen) atoms. The first kappa shape index (κ1) is 23.6. The van der Waals surface area contributed by atoms with Crippen LogP contribution in [0.4, 0.5) is 4.79 Å². The normalized spacial score (nSPS) is 15.5. The topological polar surface area (TPSA) is 71.6 Å². The number of aryl methyl sites for hydroxylation is 1. The smallest absolute Gasteiger partial charge is 0.410 e. The van der Waals surface area contributed by atoms with Crippen molar-refractivity contribution in [2.45, 2.75) is 51.7 Å². The molecule has 1 amide bonds. The monoisotopic (exact) mass is 460 g/mol. The summed E-state index contributed by atoms with van der Waals surface area (Å²) in [6.45, 7) is 6.24. The van der Waals surface area contributed by atoms with Crippen molar-refractivity contribution in [3.63, 3.8) is 0 Å². The maximum absolute atomic E-state index is 13.3. The minimum Gasteiger partial charge on any atom is -0.466 e. The molecule has 0 fully saturated rings. The Balaban J connectivity index is 1.58. The lowest BCUT2D eigenvalue weighted by Gasteiger charge is -2.32. The van der Waals surface area contributed by atoms with Crippen LogP contribution in [0.15, 0.2) is 54.7 Å². The zero-order valence-corrected chi connectivity index (χ0v) is 20.3. The first-order valence-corrected chi connectivity index (χ1v) is 11.7. The minimum atomic E-state index is -0.569. The molecule has 0 aliphatic heterocycles. The van der Waals surface area contributed by atoms with Crippen LogP contribution >= 0.6 is 0 Å². The first-order chi connectivity index (χ1) is 16.2. The van der Waals surface area contributed by atoms with Crippen molar-refractivity contribution in [2.75, 3.05) is 13.7 Å². The van der Waals surface area contributed by atoms with E-state index in [4.69, 9.17) is 4.74 Å². The molecule has 1 aromatic heterocycles. The van der Waals surface area contributed by atoms with Gasteiger partial charge in [0.05, 0.1) is 13.2 Å². The molecule has 1 atom stereocenters. The van der Waals surface area contributed by atoms with Crippen molar-refractivity contribution in [1.82, 2.24) is 9.88 Å². The fourth-order valence-electron chi connectivity index (χ4n) is 4.55. The van der Waals surface area contributed by atoms with Crippen LogP contribution in [0, 0.1) is 0 Å². The highest BCUT2D eigenvalue weighted by Gasteiger charge is 2.33. The van der Waals surface area contributed by atoms with Crippen LogP contribution in [0.5, 0.6) is 0 Å². The molecule has 1 N–H and O–H groups in total. The summed E-state index contributed by atoms with van der Waals surface area (Å²) in [4.78, 5) is 29.9. The third-order valence-corrected chi connectivity index (χ3v) is 6.13. The third-order valence-electron chi connectivity index (χ3n) is 6.13. The average Bonchev–Trinajstić information content (AvgIpc) is 3.40. The number of benzene rings is 2. The van der Waals surface area contributed by atoms with E-state index in [0.717, 1.165) is 35.9 Å². The van der Waals surface area contributed by atoms with Gasteiger partial charge in [0.15, 0.2) is 0 Å². The van der Waals surface area contributed by atoms with E-state index >= 15 is 0 Å². The maximum atomic E-state index is 13.3. The van der Waals surface area contributed by atoms with Gasteiger partial charge >= 0.3 is 12.1 Å². The Morgan fingerprint density at radius 1 is 1.18 bits per heavy atom. The Morgan fingerprint density at radius 3 is 2.74 bits per heavy atom. The minimum absolute atomic E-state index is 0.0475. The van der Waals surface area contributed by atoms with Gasteiger partial charge in [-0.2, -0.15) is 0 Å². The van der Waals surface area contributed by atoms with Crippen LogP contribution in [0.2, 0.25) is 0 Å². The molecule has 178 valence electrons. The van der Waals surface area contributed by atoms with Gasteiger partial charge in [-0.3, -0.25) is 0 Å². The van der Waals surface area contributed by atoms with E-state index in [1.807, 2.05) is 50.1 Å². The molecule has 1 unspecified atom stereocenters. The molecule has 1 aliphatic carbocycles. The van der Waals surface area contributed by atoms with Crippen LogP contribution in [-0.2, 0) is 27.1 Å². The number of carbonyl (C=O) groups is 2. The second-order valence-electron chi connectivity index (χ2n) is 9.65.